The van der Waals surface area contributed by atoms with Crippen LogP contribution in [0.5, 0.6) is 0 Å². The van der Waals surface area contributed by atoms with Crippen molar-refractivity contribution in [2.75, 3.05) is 12.4 Å². The van der Waals surface area contributed by atoms with Crippen molar-refractivity contribution in [2.45, 2.75) is 6.92 Å². The highest BCUT2D eigenvalue weighted by Crippen LogP contribution is 2.06. The summed E-state index contributed by atoms with van der Waals surface area (Å²) in [6.45, 7) is 1.77. The van der Waals surface area contributed by atoms with E-state index in [2.05, 4.69) is 15.3 Å². The molecule has 1 aromatic rings. The number of anilines is 1. The molecule has 0 saturated carbocycles. The fourth-order valence-electron chi connectivity index (χ4n) is 0.766. The fraction of sp³-hybridized carbons (Fsp3) is 0.286. The molecule has 0 amide bonds. The summed E-state index contributed by atoms with van der Waals surface area (Å²) >= 11 is 0. The molecule has 0 fully saturated rings. The Morgan fingerprint density at radius 1 is 1.64 bits per heavy atom. The van der Waals surface area contributed by atoms with E-state index in [1.807, 2.05) is 0 Å². The van der Waals surface area contributed by atoms with Crippen molar-refractivity contribution in [3.63, 3.8) is 0 Å². The van der Waals surface area contributed by atoms with Crippen molar-refractivity contribution in [1.82, 2.24) is 9.97 Å². The first-order chi connectivity index (χ1) is 5.27. The van der Waals surface area contributed by atoms with Crippen molar-refractivity contribution in [3.05, 3.63) is 17.6 Å². The zero-order chi connectivity index (χ0) is 8.27. The Kier molecular flexibility index (Phi) is 2.15. The van der Waals surface area contributed by atoms with Gasteiger partial charge in [0.15, 0.2) is 6.29 Å². The van der Waals surface area contributed by atoms with Crippen LogP contribution in [-0.4, -0.2) is 23.3 Å². The highest BCUT2D eigenvalue weighted by Gasteiger charge is 2.00. The van der Waals surface area contributed by atoms with Gasteiger partial charge >= 0.3 is 0 Å². The van der Waals surface area contributed by atoms with Crippen molar-refractivity contribution in [1.29, 1.82) is 0 Å². The third-order valence-corrected chi connectivity index (χ3v) is 1.30. The van der Waals surface area contributed by atoms with Crippen molar-refractivity contribution < 1.29 is 4.79 Å². The molecule has 0 atom stereocenters. The molecule has 0 unspecified atom stereocenters. The molecule has 11 heavy (non-hydrogen) atoms. The van der Waals surface area contributed by atoms with E-state index < -0.39 is 0 Å². The van der Waals surface area contributed by atoms with Gasteiger partial charge in [0, 0.05) is 13.2 Å². The van der Waals surface area contributed by atoms with Crippen LogP contribution in [0.2, 0.25) is 0 Å². The lowest BCUT2D eigenvalue weighted by Gasteiger charge is -2.01. The minimum absolute atomic E-state index is 0.484. The van der Waals surface area contributed by atoms with Gasteiger partial charge in [0.1, 0.15) is 11.6 Å². The first-order valence-electron chi connectivity index (χ1n) is 3.24. The number of carbonyl (C=O) groups is 1. The van der Waals surface area contributed by atoms with E-state index in [4.69, 9.17) is 0 Å². The number of aldehydes is 1. The SMILES string of the molecule is CNc1nc(C)ncc1C=O. The second-order valence-corrected chi connectivity index (χ2v) is 2.09. The second kappa shape index (κ2) is 3.09. The summed E-state index contributed by atoms with van der Waals surface area (Å²) in [5.41, 5.74) is 0.484. The number of hydrogen-bond acceptors (Lipinski definition) is 4. The molecule has 0 aliphatic heterocycles. The summed E-state index contributed by atoms with van der Waals surface area (Å²) in [5.74, 6) is 1.23. The van der Waals surface area contributed by atoms with Crippen LogP contribution in [0.4, 0.5) is 5.82 Å². The zero-order valence-corrected chi connectivity index (χ0v) is 6.46. The Morgan fingerprint density at radius 3 is 2.91 bits per heavy atom. The van der Waals surface area contributed by atoms with Gasteiger partial charge in [-0.2, -0.15) is 0 Å². The number of carbonyl (C=O) groups excluding carboxylic acids is 1. The average Bonchev–Trinajstić information content (AvgIpc) is 2.04. The van der Waals surface area contributed by atoms with Crippen LogP contribution < -0.4 is 5.32 Å². The summed E-state index contributed by atoms with van der Waals surface area (Å²) < 4.78 is 0. The lowest BCUT2D eigenvalue weighted by Crippen LogP contribution is -2.00. The number of aryl methyl sites for hydroxylation is 1. The summed E-state index contributed by atoms with van der Waals surface area (Å²) in [7, 11) is 1.72. The van der Waals surface area contributed by atoms with Crippen LogP contribution in [-0.2, 0) is 0 Å². The molecular formula is C7H9N3O. The molecule has 1 N–H and O–H groups in total. The normalized spacial score (nSPS) is 9.27. The van der Waals surface area contributed by atoms with Gasteiger partial charge in [-0.1, -0.05) is 0 Å². The smallest absolute Gasteiger partial charge is 0.155 e. The summed E-state index contributed by atoms with van der Waals surface area (Å²) in [5, 5.41) is 2.80. The molecule has 0 spiro atoms. The molecule has 0 bridgehead atoms. The van der Waals surface area contributed by atoms with Crippen LogP contribution in [0.25, 0.3) is 0 Å². The summed E-state index contributed by atoms with van der Waals surface area (Å²) in [6.07, 6.45) is 2.23. The van der Waals surface area contributed by atoms with E-state index in [0.29, 0.717) is 17.2 Å². The highest BCUT2D eigenvalue weighted by atomic mass is 16.1. The molecule has 58 valence electrons. The van der Waals surface area contributed by atoms with Gasteiger partial charge < -0.3 is 5.32 Å². The number of nitrogens with zero attached hydrogens (tertiary/aromatic N) is 2. The van der Waals surface area contributed by atoms with Crippen molar-refractivity contribution in [2.24, 2.45) is 0 Å². The molecule has 4 heteroatoms. The van der Waals surface area contributed by atoms with Gasteiger partial charge in [-0.15, -0.1) is 0 Å². The topological polar surface area (TPSA) is 54.9 Å². The van der Waals surface area contributed by atoms with Gasteiger partial charge in [-0.25, -0.2) is 9.97 Å². The third kappa shape index (κ3) is 1.52. The van der Waals surface area contributed by atoms with E-state index >= 15 is 0 Å². The first-order valence-corrected chi connectivity index (χ1v) is 3.24. The number of nitrogens with one attached hydrogen (secondary N) is 1. The molecule has 1 rings (SSSR count). The molecule has 0 saturated heterocycles. The molecule has 4 nitrogen and oxygen atoms in total. The second-order valence-electron chi connectivity index (χ2n) is 2.09. The predicted octanol–water partition coefficient (Wildman–Crippen LogP) is 0.639. The molecular weight excluding hydrogens is 142 g/mol. The Bertz CT molecular complexity index is 272. The first kappa shape index (κ1) is 7.65. The maximum absolute atomic E-state index is 10.4. The molecule has 0 radical (unpaired) electrons. The third-order valence-electron chi connectivity index (χ3n) is 1.30. The number of aromatic nitrogens is 2. The predicted molar refractivity (Wildman–Crippen MR) is 41.7 cm³/mol. The molecule has 0 aromatic carbocycles. The number of rotatable bonds is 2. The fourth-order valence-corrected chi connectivity index (χ4v) is 0.766. The quantitative estimate of drug-likeness (QED) is 0.630. The summed E-state index contributed by atoms with van der Waals surface area (Å²) in [4.78, 5) is 18.3. The average molecular weight is 151 g/mol. The Morgan fingerprint density at radius 2 is 2.36 bits per heavy atom. The summed E-state index contributed by atoms with van der Waals surface area (Å²) in [6, 6.07) is 0. The van der Waals surface area contributed by atoms with E-state index in [9.17, 15) is 4.79 Å². The van der Waals surface area contributed by atoms with Gasteiger partial charge in [0.05, 0.1) is 5.56 Å². The van der Waals surface area contributed by atoms with E-state index in [1.54, 1.807) is 14.0 Å². The van der Waals surface area contributed by atoms with Crippen molar-refractivity contribution in [3.8, 4) is 0 Å². The lowest BCUT2D eigenvalue weighted by molar-refractivity contribution is 0.112. The van der Waals surface area contributed by atoms with Gasteiger partial charge in [0.25, 0.3) is 0 Å². The van der Waals surface area contributed by atoms with Crippen LogP contribution in [0.3, 0.4) is 0 Å². The molecule has 0 aliphatic rings. The Labute approximate surface area is 64.7 Å². The van der Waals surface area contributed by atoms with Crippen LogP contribution in [0.1, 0.15) is 16.2 Å². The molecule has 1 heterocycles. The van der Waals surface area contributed by atoms with Crippen molar-refractivity contribution >= 4 is 12.1 Å². The van der Waals surface area contributed by atoms with Gasteiger partial charge in [-0.3, -0.25) is 4.79 Å². The monoisotopic (exact) mass is 151 g/mol. The highest BCUT2D eigenvalue weighted by molar-refractivity contribution is 5.81. The van der Waals surface area contributed by atoms with E-state index in [1.165, 1.54) is 6.20 Å². The minimum atomic E-state index is 0.484. The lowest BCUT2D eigenvalue weighted by atomic mass is 10.3. The molecule has 0 aliphatic carbocycles. The van der Waals surface area contributed by atoms with Crippen LogP contribution >= 0.6 is 0 Å². The number of hydrogen-bond donors (Lipinski definition) is 1. The van der Waals surface area contributed by atoms with Gasteiger partial charge in [0.2, 0.25) is 0 Å². The maximum Gasteiger partial charge on any atom is 0.155 e. The van der Waals surface area contributed by atoms with Crippen LogP contribution in [0, 0.1) is 6.92 Å². The largest absolute Gasteiger partial charge is 0.372 e. The van der Waals surface area contributed by atoms with Crippen LogP contribution in [0.15, 0.2) is 6.20 Å². The Balaban J connectivity index is 3.16. The minimum Gasteiger partial charge on any atom is -0.372 e. The standard InChI is InChI=1S/C7H9N3O/c1-5-9-3-6(4-11)7(8-2)10-5/h3-4H,1-2H3,(H,8,9,10). The molecule has 1 aromatic heterocycles. The van der Waals surface area contributed by atoms with Gasteiger partial charge in [-0.05, 0) is 6.92 Å². The van der Waals surface area contributed by atoms with E-state index in [0.717, 1.165) is 6.29 Å². The van der Waals surface area contributed by atoms with E-state index in [-0.39, 0.29) is 0 Å². The Hall–Kier alpha value is -1.45. The zero-order valence-electron chi connectivity index (χ0n) is 6.46. The maximum atomic E-state index is 10.4.